The van der Waals surface area contributed by atoms with Crippen LogP contribution in [0.1, 0.15) is 22.7 Å². The summed E-state index contributed by atoms with van der Waals surface area (Å²) in [6.07, 6.45) is -4.80. The summed E-state index contributed by atoms with van der Waals surface area (Å²) in [5.41, 5.74) is 4.93. The quantitative estimate of drug-likeness (QED) is 0.684. The number of para-hydroxylation sites is 1. The second kappa shape index (κ2) is 6.60. The Morgan fingerprint density at radius 3 is 2.34 bits per heavy atom. The van der Waals surface area contributed by atoms with Crippen LogP contribution in [0.4, 0.5) is 13.2 Å². The van der Waals surface area contributed by atoms with Crippen LogP contribution >= 0.6 is 0 Å². The van der Waals surface area contributed by atoms with Gasteiger partial charge in [0.05, 0.1) is 17.2 Å². The number of hydrogen-bond donors (Lipinski definition) is 2. The molecule has 2 heterocycles. The molecule has 146 valence electrons. The Balaban J connectivity index is 2.04. The van der Waals surface area contributed by atoms with Crippen LogP contribution in [0.3, 0.4) is 0 Å². The zero-order chi connectivity index (χ0) is 20.8. The second-order valence-corrected chi connectivity index (χ2v) is 6.33. The Bertz CT molecular complexity index is 1140. The number of nitrogens with two attached hydrogens (primary N) is 1. The molecule has 1 unspecified atom stereocenters. The molecule has 29 heavy (non-hydrogen) atoms. The summed E-state index contributed by atoms with van der Waals surface area (Å²) in [6.45, 7) is 0. The highest BCUT2D eigenvalue weighted by atomic mass is 19.4. The van der Waals surface area contributed by atoms with Gasteiger partial charge in [0.25, 0.3) is 0 Å². The second-order valence-electron chi connectivity index (χ2n) is 6.33. The van der Waals surface area contributed by atoms with Crippen LogP contribution in [0.2, 0.25) is 0 Å². The zero-order valence-corrected chi connectivity index (χ0v) is 14.7. The van der Waals surface area contributed by atoms with Crippen molar-refractivity contribution in [1.29, 1.82) is 5.26 Å². The predicted octanol–water partition coefficient (Wildman–Crippen LogP) is 3.81. The van der Waals surface area contributed by atoms with E-state index in [0.29, 0.717) is 11.3 Å². The van der Waals surface area contributed by atoms with Gasteiger partial charge in [-0.05, 0) is 29.8 Å². The highest BCUT2D eigenvalue weighted by molar-refractivity contribution is 5.58. The fraction of sp³-hybridized carbons (Fsp3) is 0.100. The van der Waals surface area contributed by atoms with Gasteiger partial charge >= 0.3 is 6.18 Å². The Hall–Kier alpha value is -3.93. The average Bonchev–Trinajstić information content (AvgIpc) is 3.08. The Morgan fingerprint density at radius 1 is 1.10 bits per heavy atom. The third kappa shape index (κ3) is 3.04. The van der Waals surface area contributed by atoms with Crippen LogP contribution in [0.15, 0.2) is 66.1 Å². The average molecular weight is 398 g/mol. The molecule has 0 bridgehead atoms. The normalized spacial score (nSPS) is 16.1. The minimum absolute atomic E-state index is 0.0625. The van der Waals surface area contributed by atoms with Gasteiger partial charge < -0.3 is 15.6 Å². The molecule has 0 aliphatic carbocycles. The fourth-order valence-electron chi connectivity index (χ4n) is 3.29. The summed E-state index contributed by atoms with van der Waals surface area (Å²) in [5.74, 6) is -1.73. The van der Waals surface area contributed by atoms with E-state index in [2.05, 4.69) is 5.10 Å². The zero-order valence-electron chi connectivity index (χ0n) is 14.7. The molecule has 3 aromatic rings. The number of hydrogen-bond acceptors (Lipinski definition) is 5. The fourth-order valence-corrected chi connectivity index (χ4v) is 3.29. The molecule has 1 aliphatic rings. The lowest BCUT2D eigenvalue weighted by atomic mass is 9.84. The van der Waals surface area contributed by atoms with Crippen molar-refractivity contribution in [3.63, 3.8) is 0 Å². The summed E-state index contributed by atoms with van der Waals surface area (Å²) in [7, 11) is 0. The highest BCUT2D eigenvalue weighted by Gasteiger charge is 2.46. The number of phenols is 1. The topological polar surface area (TPSA) is 97.1 Å². The van der Waals surface area contributed by atoms with Gasteiger partial charge in [-0.3, -0.25) is 0 Å². The van der Waals surface area contributed by atoms with Gasteiger partial charge in [-0.2, -0.15) is 28.2 Å². The molecule has 0 saturated carbocycles. The Kier molecular flexibility index (Phi) is 4.19. The first-order valence-electron chi connectivity index (χ1n) is 8.43. The van der Waals surface area contributed by atoms with Crippen LogP contribution in [0.5, 0.6) is 11.6 Å². The largest absolute Gasteiger partial charge is 0.508 e. The van der Waals surface area contributed by atoms with Gasteiger partial charge in [0.1, 0.15) is 17.4 Å². The molecule has 0 amide bonds. The van der Waals surface area contributed by atoms with Crippen LogP contribution in [-0.4, -0.2) is 14.9 Å². The number of halogens is 3. The van der Waals surface area contributed by atoms with Gasteiger partial charge in [0, 0.05) is 0 Å². The van der Waals surface area contributed by atoms with E-state index in [4.69, 9.17) is 10.5 Å². The number of ether oxygens (including phenoxy) is 1. The molecule has 1 aromatic heterocycles. The molecule has 0 spiro atoms. The number of phenolic OH excluding ortho intramolecular Hbond substituents is 1. The number of alkyl halides is 3. The van der Waals surface area contributed by atoms with E-state index in [1.807, 2.05) is 6.07 Å². The van der Waals surface area contributed by atoms with E-state index >= 15 is 0 Å². The summed E-state index contributed by atoms with van der Waals surface area (Å²) in [5, 5.41) is 22.9. The summed E-state index contributed by atoms with van der Waals surface area (Å²) >= 11 is 0. The van der Waals surface area contributed by atoms with Crippen molar-refractivity contribution >= 4 is 0 Å². The maximum Gasteiger partial charge on any atom is 0.435 e. The minimum atomic E-state index is -4.80. The number of aromatic hydroxyl groups is 1. The predicted molar refractivity (Wildman–Crippen MR) is 96.0 cm³/mol. The maximum atomic E-state index is 13.9. The molecule has 0 fully saturated rings. The van der Waals surface area contributed by atoms with Crippen LogP contribution in [0.25, 0.3) is 5.69 Å². The molecule has 1 atom stereocenters. The van der Waals surface area contributed by atoms with Crippen LogP contribution < -0.4 is 10.5 Å². The third-order valence-electron chi connectivity index (χ3n) is 4.54. The highest BCUT2D eigenvalue weighted by Crippen LogP contribution is 2.48. The summed E-state index contributed by atoms with van der Waals surface area (Å²) < 4.78 is 48.1. The molecular formula is C20H13F3N4O2. The van der Waals surface area contributed by atoms with E-state index in [1.165, 1.54) is 24.3 Å². The van der Waals surface area contributed by atoms with E-state index < -0.39 is 17.8 Å². The lowest BCUT2D eigenvalue weighted by molar-refractivity contribution is -0.142. The van der Waals surface area contributed by atoms with E-state index in [1.54, 1.807) is 30.3 Å². The monoisotopic (exact) mass is 398 g/mol. The first kappa shape index (κ1) is 18.4. The van der Waals surface area contributed by atoms with Gasteiger partial charge in [0.15, 0.2) is 5.69 Å². The molecule has 2 aromatic carbocycles. The van der Waals surface area contributed by atoms with E-state index in [-0.39, 0.29) is 28.6 Å². The molecule has 6 nitrogen and oxygen atoms in total. The maximum absolute atomic E-state index is 13.9. The van der Waals surface area contributed by atoms with Crippen molar-refractivity contribution < 1.29 is 23.0 Å². The lowest BCUT2D eigenvalue weighted by Gasteiger charge is -2.25. The van der Waals surface area contributed by atoms with Crippen molar-refractivity contribution in [1.82, 2.24) is 9.78 Å². The first-order valence-corrected chi connectivity index (χ1v) is 8.43. The van der Waals surface area contributed by atoms with Crippen molar-refractivity contribution in [2.75, 3.05) is 0 Å². The van der Waals surface area contributed by atoms with Crippen molar-refractivity contribution in [3.05, 3.63) is 82.9 Å². The molecule has 1 aliphatic heterocycles. The summed E-state index contributed by atoms with van der Waals surface area (Å²) in [4.78, 5) is 0. The number of nitrogens with zero attached hydrogens (tertiary/aromatic N) is 3. The number of nitriles is 1. The Labute approximate surface area is 162 Å². The standard InChI is InChI=1S/C20H13F3N4O2/c21-20(22,23)17-16-15(11-6-8-13(28)9-7-11)14(10-24)18(25)29-19(16)27(26-17)12-4-2-1-3-5-12/h1-9,15,28H,25H2. The van der Waals surface area contributed by atoms with Crippen LogP contribution in [-0.2, 0) is 6.18 Å². The number of rotatable bonds is 2. The molecular weight excluding hydrogens is 385 g/mol. The summed E-state index contributed by atoms with van der Waals surface area (Å²) in [6, 6.07) is 15.5. The number of fused-ring (bicyclic) bond motifs is 1. The van der Waals surface area contributed by atoms with Gasteiger partial charge in [-0.25, -0.2) is 0 Å². The first-order chi connectivity index (χ1) is 13.8. The van der Waals surface area contributed by atoms with E-state index in [0.717, 1.165) is 4.68 Å². The lowest BCUT2D eigenvalue weighted by Crippen LogP contribution is -2.23. The molecule has 9 heteroatoms. The van der Waals surface area contributed by atoms with Crippen molar-refractivity contribution in [3.8, 4) is 23.4 Å². The molecule has 3 N–H and O–H groups in total. The van der Waals surface area contributed by atoms with Crippen molar-refractivity contribution in [2.24, 2.45) is 5.73 Å². The van der Waals surface area contributed by atoms with Crippen LogP contribution in [0, 0.1) is 11.3 Å². The van der Waals surface area contributed by atoms with Crippen molar-refractivity contribution in [2.45, 2.75) is 12.1 Å². The molecule has 0 radical (unpaired) electrons. The molecule has 0 saturated heterocycles. The minimum Gasteiger partial charge on any atom is -0.508 e. The number of aromatic nitrogens is 2. The van der Waals surface area contributed by atoms with Gasteiger partial charge in [-0.15, -0.1) is 0 Å². The SMILES string of the molecule is N#CC1=C(N)Oc2c(c(C(F)(F)F)nn2-c2ccccc2)C1c1ccc(O)cc1. The molecule has 4 rings (SSSR count). The smallest absolute Gasteiger partial charge is 0.435 e. The van der Waals surface area contributed by atoms with Gasteiger partial charge in [-0.1, -0.05) is 30.3 Å². The van der Waals surface area contributed by atoms with E-state index in [9.17, 15) is 23.5 Å². The third-order valence-corrected chi connectivity index (χ3v) is 4.54. The number of benzene rings is 2. The Morgan fingerprint density at radius 2 is 1.76 bits per heavy atom. The number of allylic oxidation sites excluding steroid dienone is 1. The van der Waals surface area contributed by atoms with Gasteiger partial charge in [0.2, 0.25) is 11.8 Å².